The summed E-state index contributed by atoms with van der Waals surface area (Å²) in [5.41, 5.74) is 2.20. The van der Waals surface area contributed by atoms with E-state index in [9.17, 15) is 4.79 Å². The number of aliphatic carboxylic acids is 1. The molecule has 4 heteroatoms. The van der Waals surface area contributed by atoms with Gasteiger partial charge in [0.1, 0.15) is 5.75 Å². The van der Waals surface area contributed by atoms with Gasteiger partial charge in [0.15, 0.2) is 0 Å². The third-order valence-corrected chi connectivity index (χ3v) is 3.97. The molecule has 0 aliphatic rings. The molecule has 1 unspecified atom stereocenters. The van der Waals surface area contributed by atoms with Gasteiger partial charge in [-0.15, -0.1) is 0 Å². The maximum absolute atomic E-state index is 10.9. The van der Waals surface area contributed by atoms with E-state index in [2.05, 4.69) is 12.1 Å². The molecule has 0 aromatic heterocycles. The summed E-state index contributed by atoms with van der Waals surface area (Å²) in [4.78, 5) is 10.9. The smallest absolute Gasteiger partial charge is 0.306 e. The van der Waals surface area contributed by atoms with E-state index in [1.165, 1.54) is 5.56 Å². The SMILES string of the molecule is CC(Cc1ccc(OCCCc2ccccc2)c(Cl)c1)C(=O)O. The molecule has 1 atom stereocenters. The van der Waals surface area contributed by atoms with Crippen molar-refractivity contribution in [2.24, 2.45) is 5.92 Å². The summed E-state index contributed by atoms with van der Waals surface area (Å²) in [6.45, 7) is 2.28. The largest absolute Gasteiger partial charge is 0.492 e. The van der Waals surface area contributed by atoms with Gasteiger partial charge in [0, 0.05) is 0 Å². The molecule has 23 heavy (non-hydrogen) atoms. The minimum absolute atomic E-state index is 0.427. The maximum atomic E-state index is 10.9. The molecule has 0 fully saturated rings. The average molecular weight is 333 g/mol. The molecule has 3 nitrogen and oxygen atoms in total. The first kappa shape index (κ1) is 17.4. The molecule has 0 aliphatic heterocycles. The minimum Gasteiger partial charge on any atom is -0.492 e. The van der Waals surface area contributed by atoms with Gasteiger partial charge in [-0.25, -0.2) is 0 Å². The molecule has 0 aliphatic carbocycles. The van der Waals surface area contributed by atoms with Gasteiger partial charge in [0.2, 0.25) is 0 Å². The highest BCUT2D eigenvalue weighted by atomic mass is 35.5. The normalized spacial score (nSPS) is 11.9. The summed E-state index contributed by atoms with van der Waals surface area (Å²) in [5.74, 6) is -0.586. The molecule has 0 bridgehead atoms. The molecule has 0 amide bonds. The zero-order valence-corrected chi connectivity index (χ0v) is 13.9. The monoisotopic (exact) mass is 332 g/mol. The van der Waals surface area contributed by atoms with Crippen LogP contribution in [-0.4, -0.2) is 17.7 Å². The van der Waals surface area contributed by atoms with Gasteiger partial charge >= 0.3 is 5.97 Å². The third kappa shape index (κ3) is 5.61. The summed E-state index contributed by atoms with van der Waals surface area (Å²) >= 11 is 6.22. The Bertz CT molecular complexity index is 640. The number of carbonyl (C=O) groups is 1. The van der Waals surface area contributed by atoms with Crippen LogP contribution in [0, 0.1) is 5.92 Å². The van der Waals surface area contributed by atoms with Crippen LogP contribution in [0.2, 0.25) is 5.02 Å². The van der Waals surface area contributed by atoms with E-state index >= 15 is 0 Å². The van der Waals surface area contributed by atoms with Crippen LogP contribution in [0.5, 0.6) is 5.75 Å². The van der Waals surface area contributed by atoms with Crippen molar-refractivity contribution in [2.75, 3.05) is 6.61 Å². The molecule has 0 spiro atoms. The standard InChI is InChI=1S/C19H21ClO3/c1-14(19(21)22)12-16-9-10-18(17(20)13-16)23-11-5-8-15-6-3-2-4-7-15/h2-4,6-7,9-10,13-14H,5,8,11-12H2,1H3,(H,21,22). The second-order valence-corrected chi connectivity index (χ2v) is 6.05. The first-order valence-corrected chi connectivity index (χ1v) is 8.12. The molecule has 0 saturated heterocycles. The van der Waals surface area contributed by atoms with Crippen LogP contribution >= 0.6 is 11.6 Å². The predicted octanol–water partition coefficient (Wildman–Crippen LogP) is 4.61. The first-order chi connectivity index (χ1) is 11.1. The Morgan fingerprint density at radius 2 is 1.91 bits per heavy atom. The van der Waals surface area contributed by atoms with Crippen LogP contribution in [0.3, 0.4) is 0 Å². The highest BCUT2D eigenvalue weighted by Crippen LogP contribution is 2.26. The van der Waals surface area contributed by atoms with Crippen LogP contribution in [0.1, 0.15) is 24.5 Å². The van der Waals surface area contributed by atoms with E-state index in [1.807, 2.05) is 30.3 Å². The zero-order valence-electron chi connectivity index (χ0n) is 13.2. The van der Waals surface area contributed by atoms with Gasteiger partial charge in [-0.3, -0.25) is 4.79 Å². The van der Waals surface area contributed by atoms with Crippen LogP contribution in [-0.2, 0) is 17.6 Å². The zero-order chi connectivity index (χ0) is 16.7. The number of benzene rings is 2. The topological polar surface area (TPSA) is 46.5 Å². The Kier molecular flexibility index (Phi) is 6.48. The van der Waals surface area contributed by atoms with Gasteiger partial charge in [0.05, 0.1) is 17.5 Å². The lowest BCUT2D eigenvalue weighted by Crippen LogP contribution is -2.12. The predicted molar refractivity (Wildman–Crippen MR) is 92.2 cm³/mol. The van der Waals surface area contributed by atoms with Gasteiger partial charge < -0.3 is 9.84 Å². The number of aryl methyl sites for hydroxylation is 1. The molecule has 2 rings (SSSR count). The lowest BCUT2D eigenvalue weighted by Gasteiger charge is -2.11. The fourth-order valence-corrected chi connectivity index (χ4v) is 2.59. The van der Waals surface area contributed by atoms with Crippen LogP contribution < -0.4 is 4.74 Å². The molecule has 2 aromatic carbocycles. The fourth-order valence-electron chi connectivity index (χ4n) is 2.33. The Morgan fingerprint density at radius 3 is 2.57 bits per heavy atom. The number of hydrogen-bond donors (Lipinski definition) is 1. The van der Waals surface area contributed by atoms with E-state index < -0.39 is 11.9 Å². The number of hydrogen-bond acceptors (Lipinski definition) is 2. The maximum Gasteiger partial charge on any atom is 0.306 e. The van der Waals surface area contributed by atoms with E-state index in [4.69, 9.17) is 21.4 Å². The van der Waals surface area contributed by atoms with E-state index in [-0.39, 0.29) is 0 Å². The summed E-state index contributed by atoms with van der Waals surface area (Å²) in [5, 5.41) is 9.47. The quantitative estimate of drug-likeness (QED) is 0.718. The average Bonchev–Trinajstić information content (AvgIpc) is 2.54. The summed E-state index contributed by atoms with van der Waals surface area (Å²) in [7, 11) is 0. The highest BCUT2D eigenvalue weighted by molar-refractivity contribution is 6.32. The molecular weight excluding hydrogens is 312 g/mol. The van der Waals surface area contributed by atoms with Gasteiger partial charge in [-0.05, 0) is 42.5 Å². The number of rotatable bonds is 8. The van der Waals surface area contributed by atoms with Crippen molar-refractivity contribution in [3.8, 4) is 5.75 Å². The number of halogens is 1. The lowest BCUT2D eigenvalue weighted by molar-refractivity contribution is -0.141. The summed E-state index contributed by atoms with van der Waals surface area (Å²) in [6, 6.07) is 15.7. The highest BCUT2D eigenvalue weighted by Gasteiger charge is 2.12. The van der Waals surface area contributed by atoms with Crippen molar-refractivity contribution >= 4 is 17.6 Å². The Balaban J connectivity index is 1.82. The van der Waals surface area contributed by atoms with E-state index in [0.717, 1.165) is 18.4 Å². The van der Waals surface area contributed by atoms with Gasteiger partial charge in [0.25, 0.3) is 0 Å². The molecule has 1 N–H and O–H groups in total. The van der Waals surface area contributed by atoms with Gasteiger partial charge in [-0.2, -0.15) is 0 Å². The van der Waals surface area contributed by atoms with Crippen LogP contribution in [0.15, 0.2) is 48.5 Å². The van der Waals surface area contributed by atoms with Gasteiger partial charge in [-0.1, -0.05) is 54.9 Å². The number of ether oxygens (including phenoxy) is 1. The Labute approximate surface area is 141 Å². The second-order valence-electron chi connectivity index (χ2n) is 5.65. The van der Waals surface area contributed by atoms with Crippen molar-refractivity contribution in [3.63, 3.8) is 0 Å². The molecular formula is C19H21ClO3. The molecule has 0 saturated carbocycles. The van der Waals surface area contributed by atoms with Crippen molar-refractivity contribution < 1.29 is 14.6 Å². The van der Waals surface area contributed by atoms with E-state index in [0.29, 0.717) is 23.8 Å². The van der Waals surface area contributed by atoms with Crippen LogP contribution in [0.4, 0.5) is 0 Å². The molecule has 0 radical (unpaired) electrons. The third-order valence-electron chi connectivity index (χ3n) is 3.67. The van der Waals surface area contributed by atoms with E-state index in [1.54, 1.807) is 13.0 Å². The van der Waals surface area contributed by atoms with Crippen molar-refractivity contribution in [1.29, 1.82) is 0 Å². The lowest BCUT2D eigenvalue weighted by atomic mass is 10.0. The Morgan fingerprint density at radius 1 is 1.17 bits per heavy atom. The molecule has 122 valence electrons. The molecule has 2 aromatic rings. The fraction of sp³-hybridized carbons (Fsp3) is 0.316. The second kappa shape index (κ2) is 8.59. The summed E-state index contributed by atoms with van der Waals surface area (Å²) < 4.78 is 5.72. The number of carboxylic acid groups (broad SMARTS) is 1. The Hall–Kier alpha value is -2.00. The van der Waals surface area contributed by atoms with Crippen LogP contribution in [0.25, 0.3) is 0 Å². The molecule has 0 heterocycles. The van der Waals surface area contributed by atoms with Crippen molar-refractivity contribution in [2.45, 2.75) is 26.2 Å². The minimum atomic E-state index is -0.803. The summed E-state index contributed by atoms with van der Waals surface area (Å²) in [6.07, 6.45) is 2.34. The van der Waals surface area contributed by atoms with Crippen molar-refractivity contribution in [1.82, 2.24) is 0 Å². The van der Waals surface area contributed by atoms with Crippen molar-refractivity contribution in [3.05, 3.63) is 64.7 Å². The first-order valence-electron chi connectivity index (χ1n) is 7.74. The number of carboxylic acids is 1.